The van der Waals surface area contributed by atoms with Gasteiger partial charge in [0, 0.05) is 24.4 Å². The molecule has 0 spiro atoms. The molecule has 0 radical (unpaired) electrons. The molecule has 0 bridgehead atoms. The molecule has 2 N–H and O–H groups in total. The van der Waals surface area contributed by atoms with Crippen molar-refractivity contribution in [3.63, 3.8) is 0 Å². The van der Waals surface area contributed by atoms with Gasteiger partial charge in [-0.25, -0.2) is 9.18 Å². The van der Waals surface area contributed by atoms with E-state index >= 15 is 0 Å². The third-order valence-electron chi connectivity index (χ3n) is 5.57. The minimum atomic E-state index is -1.55. The number of nitro benzene ring substituents is 1. The van der Waals surface area contributed by atoms with Crippen LogP contribution in [0.1, 0.15) is 24.2 Å². The highest BCUT2D eigenvalue weighted by molar-refractivity contribution is 6.02. The fourth-order valence-corrected chi connectivity index (χ4v) is 4.03. The number of fused-ring (bicyclic) bond motifs is 4. The SMILES string of the molecule is CC.O=C(O)c1cn2c3cc4oc5cc([N+](=O)[O-])ccc5[nH]c4cc3oc3c(F)c(F)cc(c1=O)c32. The van der Waals surface area contributed by atoms with Gasteiger partial charge in [0.15, 0.2) is 28.1 Å². The largest absolute Gasteiger partial charge is 0.477 e. The van der Waals surface area contributed by atoms with Crippen molar-refractivity contribution in [2.45, 2.75) is 13.8 Å². The molecular weight excluding hydrogens is 480 g/mol. The first-order valence-electron chi connectivity index (χ1n) is 10.6. The summed E-state index contributed by atoms with van der Waals surface area (Å²) in [4.78, 5) is 37.8. The van der Waals surface area contributed by atoms with Crippen molar-refractivity contribution in [3.05, 3.63) is 80.1 Å². The molecule has 0 fully saturated rings. The van der Waals surface area contributed by atoms with Gasteiger partial charge in [0.2, 0.25) is 11.2 Å². The Kier molecular flexibility index (Phi) is 5.09. The van der Waals surface area contributed by atoms with E-state index in [9.17, 15) is 33.6 Å². The summed E-state index contributed by atoms with van der Waals surface area (Å²) in [7, 11) is 0. The topological polar surface area (TPSA) is 144 Å². The summed E-state index contributed by atoms with van der Waals surface area (Å²) in [5.41, 5.74) is -1.21. The second kappa shape index (κ2) is 8.05. The third-order valence-corrected chi connectivity index (χ3v) is 5.57. The maximum atomic E-state index is 14.6. The van der Waals surface area contributed by atoms with Crippen molar-refractivity contribution in [3.8, 4) is 0 Å². The van der Waals surface area contributed by atoms with E-state index in [-0.39, 0.29) is 38.9 Å². The number of carbonyl (C=O) groups is 1. The van der Waals surface area contributed by atoms with E-state index in [4.69, 9.17) is 8.83 Å². The van der Waals surface area contributed by atoms with Gasteiger partial charge >= 0.3 is 5.97 Å². The predicted molar refractivity (Wildman–Crippen MR) is 126 cm³/mol. The number of H-pyrrole nitrogens is 1. The zero-order valence-electron chi connectivity index (χ0n) is 18.6. The number of rotatable bonds is 2. The summed E-state index contributed by atoms with van der Waals surface area (Å²) in [6.45, 7) is 4.00. The fraction of sp³-hybridized carbons (Fsp3) is 0.0833. The van der Waals surface area contributed by atoms with Crippen LogP contribution in [0.25, 0.3) is 49.8 Å². The van der Waals surface area contributed by atoms with Gasteiger partial charge in [-0.1, -0.05) is 13.8 Å². The molecule has 182 valence electrons. The van der Waals surface area contributed by atoms with Crippen LogP contribution in [0.4, 0.5) is 14.5 Å². The van der Waals surface area contributed by atoms with E-state index in [2.05, 4.69) is 4.98 Å². The number of carboxylic acid groups (broad SMARTS) is 1. The van der Waals surface area contributed by atoms with Crippen LogP contribution in [0, 0.1) is 21.7 Å². The summed E-state index contributed by atoms with van der Waals surface area (Å²) < 4.78 is 41.5. The van der Waals surface area contributed by atoms with Crippen LogP contribution < -0.4 is 5.43 Å². The van der Waals surface area contributed by atoms with Crippen LogP contribution in [0.15, 0.2) is 56.2 Å². The predicted octanol–water partition coefficient (Wildman–Crippen LogP) is 5.90. The first-order valence-corrected chi connectivity index (χ1v) is 10.6. The van der Waals surface area contributed by atoms with Crippen LogP contribution in [0.5, 0.6) is 0 Å². The van der Waals surface area contributed by atoms with Crippen molar-refractivity contribution < 1.29 is 32.4 Å². The van der Waals surface area contributed by atoms with Gasteiger partial charge < -0.3 is 23.3 Å². The highest BCUT2D eigenvalue weighted by Crippen LogP contribution is 2.32. The van der Waals surface area contributed by atoms with Gasteiger partial charge in [0.1, 0.15) is 11.1 Å². The molecule has 0 amide bonds. The Bertz CT molecular complexity index is 1980. The van der Waals surface area contributed by atoms with E-state index in [1.54, 1.807) is 0 Å². The zero-order chi connectivity index (χ0) is 25.9. The standard InChI is InChI=1S/C22H9F2N3O7.C2H6/c23-11-4-9-19-21(18(11)24)34-17-5-13-16(6-14(17)26(19)7-10(20(9)28)22(29)30)33-15-3-8(27(31)32)1-2-12(15)25-13;1-2/h1-7,25H,(H,29,30);1-2H3. The number of carboxylic acids is 1. The number of aromatic carboxylic acids is 1. The van der Waals surface area contributed by atoms with Gasteiger partial charge in [-0.3, -0.25) is 14.9 Å². The molecule has 3 aromatic heterocycles. The van der Waals surface area contributed by atoms with Crippen LogP contribution in [-0.2, 0) is 0 Å². The number of hydrogen-bond donors (Lipinski definition) is 2. The molecule has 0 saturated heterocycles. The maximum Gasteiger partial charge on any atom is 0.341 e. The number of aromatic nitrogens is 2. The van der Waals surface area contributed by atoms with Crippen molar-refractivity contribution in [2.75, 3.05) is 0 Å². The van der Waals surface area contributed by atoms with Gasteiger partial charge in [-0.15, -0.1) is 0 Å². The lowest BCUT2D eigenvalue weighted by molar-refractivity contribution is -0.384. The lowest BCUT2D eigenvalue weighted by atomic mass is 10.1. The van der Waals surface area contributed by atoms with Crippen molar-refractivity contribution in [2.24, 2.45) is 0 Å². The van der Waals surface area contributed by atoms with Gasteiger partial charge in [-0.05, 0) is 12.1 Å². The third kappa shape index (κ3) is 3.22. The number of pyridine rings is 1. The first-order chi connectivity index (χ1) is 17.2. The molecule has 0 aliphatic carbocycles. The van der Waals surface area contributed by atoms with Crippen LogP contribution >= 0.6 is 0 Å². The molecule has 3 aromatic carbocycles. The Balaban J connectivity index is 0.00000130. The number of non-ortho nitro benzene ring substituents is 1. The number of nitrogens with zero attached hydrogens (tertiary/aromatic N) is 2. The average molecular weight is 495 g/mol. The number of benzene rings is 3. The van der Waals surface area contributed by atoms with Gasteiger partial charge in [-0.2, -0.15) is 4.39 Å². The number of aromatic amines is 1. The number of halogens is 2. The normalized spacial score (nSPS) is 11.3. The second-order valence-electron chi connectivity index (χ2n) is 7.53. The number of hydrogen-bond acceptors (Lipinski definition) is 6. The molecule has 6 rings (SSSR count). The molecule has 0 aliphatic rings. The summed E-state index contributed by atoms with van der Waals surface area (Å²) in [6.07, 6.45) is 0.997. The second-order valence-corrected chi connectivity index (χ2v) is 7.53. The first kappa shape index (κ1) is 22.8. The highest BCUT2D eigenvalue weighted by Gasteiger charge is 2.23. The van der Waals surface area contributed by atoms with E-state index < -0.39 is 39.1 Å². The lowest BCUT2D eigenvalue weighted by Crippen LogP contribution is -2.18. The fourth-order valence-electron chi connectivity index (χ4n) is 4.03. The van der Waals surface area contributed by atoms with E-state index in [1.807, 2.05) is 13.8 Å². The molecule has 0 aliphatic heterocycles. The molecule has 12 heteroatoms. The Hall–Kier alpha value is -5.00. The molecule has 0 unspecified atom stereocenters. The highest BCUT2D eigenvalue weighted by atomic mass is 19.2. The molecule has 10 nitrogen and oxygen atoms in total. The Morgan fingerprint density at radius 3 is 2.47 bits per heavy atom. The summed E-state index contributed by atoms with van der Waals surface area (Å²) >= 11 is 0. The molecule has 0 saturated carbocycles. The molecule has 0 atom stereocenters. The summed E-state index contributed by atoms with van der Waals surface area (Å²) in [6, 6.07) is 7.44. The van der Waals surface area contributed by atoms with Crippen LogP contribution in [0.3, 0.4) is 0 Å². The van der Waals surface area contributed by atoms with Crippen molar-refractivity contribution in [1.82, 2.24) is 9.38 Å². The Morgan fingerprint density at radius 1 is 1.06 bits per heavy atom. The smallest absolute Gasteiger partial charge is 0.341 e. The van der Waals surface area contributed by atoms with E-state index in [1.165, 1.54) is 34.7 Å². The number of nitrogens with one attached hydrogen (secondary N) is 1. The minimum absolute atomic E-state index is 0.0264. The molecule has 6 aromatic rings. The molecular formula is C24H15F2N3O7. The van der Waals surface area contributed by atoms with E-state index in [0.29, 0.717) is 17.1 Å². The zero-order valence-corrected chi connectivity index (χ0v) is 18.6. The summed E-state index contributed by atoms with van der Waals surface area (Å²) in [5, 5.41) is 20.2. The van der Waals surface area contributed by atoms with Crippen LogP contribution in [0.2, 0.25) is 0 Å². The minimum Gasteiger partial charge on any atom is -0.477 e. The molecule has 3 heterocycles. The Labute approximate surface area is 197 Å². The van der Waals surface area contributed by atoms with Crippen molar-refractivity contribution in [1.29, 1.82) is 0 Å². The van der Waals surface area contributed by atoms with Crippen LogP contribution in [-0.4, -0.2) is 25.4 Å². The number of nitro groups is 1. The quantitative estimate of drug-likeness (QED) is 0.132. The van der Waals surface area contributed by atoms with E-state index in [0.717, 1.165) is 6.20 Å². The lowest BCUT2D eigenvalue weighted by Gasteiger charge is -2.13. The molecule has 36 heavy (non-hydrogen) atoms. The maximum absolute atomic E-state index is 14.6. The summed E-state index contributed by atoms with van der Waals surface area (Å²) in [5.74, 6) is -4.26. The average Bonchev–Trinajstić information content (AvgIpc) is 2.86. The van der Waals surface area contributed by atoms with Gasteiger partial charge in [0.25, 0.3) is 5.69 Å². The van der Waals surface area contributed by atoms with Gasteiger partial charge in [0.05, 0.1) is 32.9 Å². The van der Waals surface area contributed by atoms with Crippen molar-refractivity contribution >= 4 is 61.4 Å². The monoisotopic (exact) mass is 495 g/mol. The Morgan fingerprint density at radius 2 is 1.78 bits per heavy atom.